The Bertz CT molecular complexity index is 1880. The summed E-state index contributed by atoms with van der Waals surface area (Å²) < 4.78 is 49.0. The number of hydrogen-bond donors (Lipinski definition) is 5. The first kappa shape index (κ1) is 33.8. The number of piperidine rings is 1. The van der Waals surface area contributed by atoms with E-state index in [0.29, 0.717) is 31.5 Å². The summed E-state index contributed by atoms with van der Waals surface area (Å²) in [6, 6.07) is 4.67. The average molecular weight is 669 g/mol. The molecule has 4 aromatic rings. The minimum absolute atomic E-state index is 0.00884. The number of ether oxygens (including phenoxy) is 1. The molecule has 18 heteroatoms. The summed E-state index contributed by atoms with van der Waals surface area (Å²) >= 11 is 0. The first-order valence-electron chi connectivity index (χ1n) is 14.8. The fourth-order valence-electron chi connectivity index (χ4n) is 5.43. The first-order chi connectivity index (χ1) is 23.0. The van der Waals surface area contributed by atoms with Crippen molar-refractivity contribution in [2.45, 2.75) is 44.5 Å². The molecule has 3 aromatic heterocycles. The predicted octanol–water partition coefficient (Wildman–Crippen LogP) is 1.94. The van der Waals surface area contributed by atoms with Gasteiger partial charge >= 0.3 is 6.18 Å². The van der Waals surface area contributed by atoms with Crippen LogP contribution < -0.4 is 26.0 Å². The van der Waals surface area contributed by atoms with Gasteiger partial charge in [0.2, 0.25) is 5.91 Å². The molecule has 0 atom stereocenters. The highest BCUT2D eigenvalue weighted by molar-refractivity contribution is 5.99. The molecule has 0 radical (unpaired) electrons. The van der Waals surface area contributed by atoms with Crippen molar-refractivity contribution in [1.82, 2.24) is 40.1 Å². The predicted molar refractivity (Wildman–Crippen MR) is 163 cm³/mol. The highest BCUT2D eigenvalue weighted by atomic mass is 19.4. The molecule has 5 N–H and O–H groups in total. The SMILES string of the molecule is CCc1c(C(=O)NCC(=O)NCC2(O)CCNCC2)ccc(Nc2nccn3c(-c4cn(CC#N)nc4C(F)(F)F)cnc23)c1OC=O. The van der Waals surface area contributed by atoms with Crippen molar-refractivity contribution >= 4 is 35.4 Å². The van der Waals surface area contributed by atoms with Gasteiger partial charge in [0.1, 0.15) is 6.54 Å². The second-order valence-corrected chi connectivity index (χ2v) is 11.0. The maximum absolute atomic E-state index is 13.8. The molecule has 4 heterocycles. The summed E-state index contributed by atoms with van der Waals surface area (Å²) in [6.07, 6.45) is 1.44. The lowest BCUT2D eigenvalue weighted by atomic mass is 9.92. The molecule has 2 amide bonds. The molecule has 15 nitrogen and oxygen atoms in total. The van der Waals surface area contributed by atoms with E-state index < -0.39 is 35.8 Å². The van der Waals surface area contributed by atoms with Crippen LogP contribution in [0.3, 0.4) is 0 Å². The number of rotatable bonds is 12. The third-order valence-corrected chi connectivity index (χ3v) is 7.80. The number of hydrogen-bond acceptors (Lipinski definition) is 11. The van der Waals surface area contributed by atoms with E-state index in [0.717, 1.165) is 10.9 Å². The summed E-state index contributed by atoms with van der Waals surface area (Å²) in [5, 5.41) is 34.4. The van der Waals surface area contributed by atoms with Gasteiger partial charge in [-0.2, -0.15) is 23.5 Å². The van der Waals surface area contributed by atoms with E-state index >= 15 is 0 Å². The number of imidazole rings is 1. The number of benzene rings is 1. The Hall–Kier alpha value is -5.54. The molecule has 1 aliphatic rings. The minimum atomic E-state index is -4.81. The number of carbonyl (C=O) groups is 3. The van der Waals surface area contributed by atoms with Gasteiger partial charge in [0.05, 0.1) is 41.4 Å². The summed E-state index contributed by atoms with van der Waals surface area (Å²) in [7, 11) is 0. The van der Waals surface area contributed by atoms with E-state index in [2.05, 4.69) is 36.3 Å². The standard InChI is InChI=1S/C30H31F3N10O5/c1-2-18-19(28(46)38-14-23(45)39-16-29(47)5-8-35-9-6-29)3-4-21(24(18)48-17-44)40-26-27-37-13-22(43(27)12-10-36-26)20-15-42(11-7-34)41-25(20)30(31,32)33/h3-4,10,12-13,15,17,35,47H,2,5-6,8-9,11,14,16H2,1H3,(H,36,40)(H,38,46)(H,39,45). The number of nitriles is 1. The van der Waals surface area contributed by atoms with Gasteiger partial charge in [-0.3, -0.25) is 23.5 Å². The molecule has 1 fully saturated rings. The highest BCUT2D eigenvalue weighted by Crippen LogP contribution is 2.38. The monoisotopic (exact) mass is 668 g/mol. The van der Waals surface area contributed by atoms with Gasteiger partial charge in [0, 0.05) is 36.3 Å². The third kappa shape index (κ3) is 7.21. The molecule has 1 aliphatic heterocycles. The van der Waals surface area contributed by atoms with E-state index in [-0.39, 0.29) is 65.7 Å². The van der Waals surface area contributed by atoms with Gasteiger partial charge in [-0.15, -0.1) is 0 Å². The van der Waals surface area contributed by atoms with Crippen LogP contribution in [0, 0.1) is 11.3 Å². The van der Waals surface area contributed by atoms with Crippen LogP contribution in [0.1, 0.15) is 41.4 Å². The number of halogens is 3. The lowest BCUT2D eigenvalue weighted by Gasteiger charge is -2.32. The maximum atomic E-state index is 13.8. The molecule has 1 aromatic carbocycles. The Balaban J connectivity index is 1.38. The van der Waals surface area contributed by atoms with Gasteiger partial charge in [0.25, 0.3) is 12.4 Å². The number of aliphatic hydroxyl groups is 1. The molecule has 252 valence electrons. The summed E-state index contributed by atoms with van der Waals surface area (Å²) in [6.45, 7) is 2.47. The first-order valence-corrected chi connectivity index (χ1v) is 14.8. The Morgan fingerprint density at radius 2 is 2.00 bits per heavy atom. The number of amides is 2. The number of nitrogens with one attached hydrogen (secondary N) is 4. The van der Waals surface area contributed by atoms with Crippen LogP contribution in [0.15, 0.2) is 36.9 Å². The smallest absolute Gasteiger partial charge is 0.426 e. The zero-order valence-electron chi connectivity index (χ0n) is 25.6. The van der Waals surface area contributed by atoms with E-state index in [9.17, 15) is 32.7 Å². The van der Waals surface area contributed by atoms with Gasteiger partial charge in [-0.05, 0) is 44.5 Å². The van der Waals surface area contributed by atoms with Crippen LogP contribution in [0.2, 0.25) is 0 Å². The number of carbonyl (C=O) groups excluding carboxylic acids is 3. The van der Waals surface area contributed by atoms with E-state index in [1.807, 2.05) is 0 Å². The normalized spacial score (nSPS) is 14.2. The van der Waals surface area contributed by atoms with Crippen LogP contribution in [0.4, 0.5) is 24.7 Å². The van der Waals surface area contributed by atoms with Crippen LogP contribution >= 0.6 is 0 Å². The van der Waals surface area contributed by atoms with Crippen LogP contribution in [-0.4, -0.2) is 79.3 Å². The van der Waals surface area contributed by atoms with Crippen molar-refractivity contribution in [3.05, 3.63) is 53.7 Å². The zero-order valence-corrected chi connectivity index (χ0v) is 25.6. The molecule has 0 spiro atoms. The fourth-order valence-corrected chi connectivity index (χ4v) is 5.43. The van der Waals surface area contributed by atoms with Crippen LogP contribution in [0.5, 0.6) is 5.75 Å². The lowest BCUT2D eigenvalue weighted by molar-refractivity contribution is -0.141. The van der Waals surface area contributed by atoms with Gasteiger partial charge < -0.3 is 31.1 Å². The van der Waals surface area contributed by atoms with Crippen LogP contribution in [-0.2, 0) is 28.7 Å². The minimum Gasteiger partial charge on any atom is -0.426 e. The van der Waals surface area contributed by atoms with Crippen molar-refractivity contribution in [3.8, 4) is 23.1 Å². The Labute approximate surface area is 271 Å². The van der Waals surface area contributed by atoms with Gasteiger partial charge in [-0.1, -0.05) is 6.92 Å². The van der Waals surface area contributed by atoms with E-state index in [1.54, 1.807) is 13.0 Å². The quantitative estimate of drug-likeness (QED) is 0.138. The second kappa shape index (κ2) is 14.1. The molecular formula is C30H31F3N10O5. The Morgan fingerprint density at radius 3 is 2.69 bits per heavy atom. The second-order valence-electron chi connectivity index (χ2n) is 11.0. The molecule has 5 rings (SSSR count). The number of aromatic nitrogens is 5. The van der Waals surface area contributed by atoms with Crippen molar-refractivity contribution in [2.75, 3.05) is 31.5 Å². The Morgan fingerprint density at radius 1 is 1.23 bits per heavy atom. The number of anilines is 2. The molecule has 0 bridgehead atoms. The summed E-state index contributed by atoms with van der Waals surface area (Å²) in [5.41, 5.74) is -1.70. The molecule has 0 saturated carbocycles. The van der Waals surface area contributed by atoms with E-state index in [4.69, 9.17) is 10.00 Å². The number of nitrogens with zero attached hydrogens (tertiary/aromatic N) is 6. The summed E-state index contributed by atoms with van der Waals surface area (Å²) in [4.78, 5) is 45.6. The lowest BCUT2D eigenvalue weighted by Crippen LogP contribution is -2.51. The number of alkyl halides is 3. The van der Waals surface area contributed by atoms with E-state index in [1.165, 1.54) is 35.1 Å². The van der Waals surface area contributed by atoms with Gasteiger partial charge in [-0.25, -0.2) is 9.97 Å². The molecule has 48 heavy (non-hydrogen) atoms. The number of fused-ring (bicyclic) bond motifs is 1. The Kier molecular flexibility index (Phi) is 9.91. The van der Waals surface area contributed by atoms with Crippen molar-refractivity contribution in [2.24, 2.45) is 0 Å². The molecule has 1 saturated heterocycles. The average Bonchev–Trinajstić information content (AvgIpc) is 3.69. The molecular weight excluding hydrogens is 637 g/mol. The van der Waals surface area contributed by atoms with Crippen molar-refractivity contribution in [3.63, 3.8) is 0 Å². The van der Waals surface area contributed by atoms with Crippen molar-refractivity contribution < 1.29 is 37.4 Å². The van der Waals surface area contributed by atoms with Crippen molar-refractivity contribution in [1.29, 1.82) is 5.26 Å². The van der Waals surface area contributed by atoms with Crippen LogP contribution in [0.25, 0.3) is 16.9 Å². The summed E-state index contributed by atoms with van der Waals surface area (Å²) in [5.74, 6) is -1.02. The topological polar surface area (TPSA) is 201 Å². The molecule has 0 aliphatic carbocycles. The van der Waals surface area contributed by atoms with Gasteiger partial charge in [0.15, 0.2) is 22.9 Å². The zero-order chi connectivity index (χ0) is 34.5. The largest absolute Gasteiger partial charge is 0.435 e. The maximum Gasteiger partial charge on any atom is 0.435 e. The molecule has 0 unspecified atom stereocenters. The fraction of sp³-hybridized carbons (Fsp3) is 0.367. The third-order valence-electron chi connectivity index (χ3n) is 7.80. The highest BCUT2D eigenvalue weighted by Gasteiger charge is 2.38.